The molecule has 1 unspecified atom stereocenters. The van der Waals surface area contributed by atoms with E-state index in [0.29, 0.717) is 5.16 Å². The molecule has 0 aromatic carbocycles. The molecule has 0 spiro atoms. The zero-order valence-electron chi connectivity index (χ0n) is 11.8. The molecule has 20 heavy (non-hydrogen) atoms. The molecule has 2 aromatic heterocycles. The van der Waals surface area contributed by atoms with Crippen molar-refractivity contribution in [1.82, 2.24) is 20.2 Å². The maximum atomic E-state index is 5.92. The highest BCUT2D eigenvalue weighted by Gasteiger charge is 2.09. The predicted octanol–water partition coefficient (Wildman–Crippen LogP) is 1.83. The minimum Gasteiger partial charge on any atom is -0.353 e. The van der Waals surface area contributed by atoms with Crippen LogP contribution in [0, 0.1) is 0 Å². The first-order valence-electron chi connectivity index (χ1n) is 6.33. The van der Waals surface area contributed by atoms with Crippen LogP contribution in [-0.4, -0.2) is 40.3 Å². The van der Waals surface area contributed by atoms with Gasteiger partial charge in [0.05, 0.1) is 0 Å². The number of aromatic nitrogens is 4. The van der Waals surface area contributed by atoms with Gasteiger partial charge in [0.25, 0.3) is 0 Å². The SMILES string of the molecule is CCC(N)Cc1cnc(Sc2nnc(N(C)C)s2)nc1. The van der Waals surface area contributed by atoms with Crippen molar-refractivity contribution >= 4 is 28.2 Å². The molecular formula is C12H18N6S2. The Morgan fingerprint density at radius 3 is 2.55 bits per heavy atom. The van der Waals surface area contributed by atoms with Crippen LogP contribution < -0.4 is 10.6 Å². The van der Waals surface area contributed by atoms with Gasteiger partial charge in [0.1, 0.15) is 0 Å². The highest BCUT2D eigenvalue weighted by molar-refractivity contribution is 8.00. The van der Waals surface area contributed by atoms with Gasteiger partial charge in [-0.15, -0.1) is 10.2 Å². The molecule has 0 aliphatic carbocycles. The van der Waals surface area contributed by atoms with Crippen molar-refractivity contribution in [3.05, 3.63) is 18.0 Å². The number of hydrogen-bond acceptors (Lipinski definition) is 8. The van der Waals surface area contributed by atoms with E-state index in [4.69, 9.17) is 5.73 Å². The smallest absolute Gasteiger partial charge is 0.208 e. The van der Waals surface area contributed by atoms with Crippen LogP contribution in [0.15, 0.2) is 21.9 Å². The quantitative estimate of drug-likeness (QED) is 0.815. The fourth-order valence-corrected chi connectivity index (χ4v) is 3.02. The topological polar surface area (TPSA) is 80.8 Å². The standard InChI is InChI=1S/C12H18N6S2/c1-4-9(13)5-8-6-14-10(15-7-8)19-12-17-16-11(20-12)18(2)3/h6-7,9H,4-5,13H2,1-3H3. The zero-order chi connectivity index (χ0) is 14.5. The molecule has 2 heterocycles. The molecule has 2 rings (SSSR count). The first kappa shape index (κ1) is 15.1. The highest BCUT2D eigenvalue weighted by Crippen LogP contribution is 2.30. The number of nitrogens with two attached hydrogens (primary N) is 1. The van der Waals surface area contributed by atoms with Crippen molar-refractivity contribution in [3.63, 3.8) is 0 Å². The summed E-state index contributed by atoms with van der Waals surface area (Å²) in [7, 11) is 3.88. The van der Waals surface area contributed by atoms with Gasteiger partial charge in [0.15, 0.2) is 9.50 Å². The lowest BCUT2D eigenvalue weighted by atomic mass is 10.1. The van der Waals surface area contributed by atoms with Gasteiger partial charge in [-0.1, -0.05) is 18.3 Å². The molecule has 108 valence electrons. The molecule has 6 nitrogen and oxygen atoms in total. The summed E-state index contributed by atoms with van der Waals surface area (Å²) in [5, 5.41) is 9.74. The summed E-state index contributed by atoms with van der Waals surface area (Å²) in [5.74, 6) is 0. The molecule has 2 aromatic rings. The summed E-state index contributed by atoms with van der Waals surface area (Å²) in [6.07, 6.45) is 5.43. The van der Waals surface area contributed by atoms with E-state index < -0.39 is 0 Å². The van der Waals surface area contributed by atoms with Gasteiger partial charge in [-0.05, 0) is 30.2 Å². The van der Waals surface area contributed by atoms with Gasteiger partial charge in [0.2, 0.25) is 5.13 Å². The molecule has 0 aliphatic heterocycles. The summed E-state index contributed by atoms with van der Waals surface area (Å²) in [6.45, 7) is 2.08. The molecular weight excluding hydrogens is 292 g/mol. The van der Waals surface area contributed by atoms with E-state index in [1.54, 1.807) is 0 Å². The number of hydrogen-bond donors (Lipinski definition) is 1. The summed E-state index contributed by atoms with van der Waals surface area (Å²) in [5.41, 5.74) is 6.98. The third-order valence-electron chi connectivity index (χ3n) is 2.66. The lowest BCUT2D eigenvalue weighted by molar-refractivity contribution is 0.641. The number of rotatable bonds is 6. The summed E-state index contributed by atoms with van der Waals surface area (Å²) < 4.78 is 0.840. The molecule has 0 saturated heterocycles. The van der Waals surface area contributed by atoms with Crippen LogP contribution in [0.3, 0.4) is 0 Å². The van der Waals surface area contributed by atoms with Crippen LogP contribution >= 0.6 is 23.1 Å². The third kappa shape index (κ3) is 4.12. The third-order valence-corrected chi connectivity index (χ3v) is 4.70. The summed E-state index contributed by atoms with van der Waals surface area (Å²) in [6, 6.07) is 0.169. The summed E-state index contributed by atoms with van der Waals surface area (Å²) >= 11 is 2.94. The molecule has 8 heteroatoms. The second kappa shape index (κ2) is 6.96. The Bertz CT molecular complexity index is 539. The predicted molar refractivity (Wildman–Crippen MR) is 82.4 cm³/mol. The Balaban J connectivity index is 1.99. The normalized spacial score (nSPS) is 12.4. The van der Waals surface area contributed by atoms with Crippen molar-refractivity contribution in [2.45, 2.75) is 35.3 Å². The molecule has 0 fully saturated rings. The van der Waals surface area contributed by atoms with Crippen LogP contribution in [-0.2, 0) is 6.42 Å². The second-order valence-corrected chi connectivity index (χ2v) is 6.76. The Labute approximate surface area is 126 Å². The van der Waals surface area contributed by atoms with Crippen LogP contribution in [0.4, 0.5) is 5.13 Å². The molecule has 0 saturated carbocycles. The second-order valence-electron chi connectivity index (χ2n) is 4.59. The lowest BCUT2D eigenvalue weighted by Gasteiger charge is -2.07. The molecule has 2 N–H and O–H groups in total. The minimum atomic E-state index is 0.169. The fraction of sp³-hybridized carbons (Fsp3) is 0.500. The molecule has 0 amide bonds. The van der Waals surface area contributed by atoms with Gasteiger partial charge >= 0.3 is 0 Å². The lowest BCUT2D eigenvalue weighted by Crippen LogP contribution is -2.21. The van der Waals surface area contributed by atoms with Crippen LogP contribution in [0.1, 0.15) is 18.9 Å². The van der Waals surface area contributed by atoms with E-state index >= 15 is 0 Å². The van der Waals surface area contributed by atoms with Gasteiger partial charge < -0.3 is 10.6 Å². The average Bonchev–Trinajstić information content (AvgIpc) is 2.89. The van der Waals surface area contributed by atoms with Crippen molar-refractivity contribution in [1.29, 1.82) is 0 Å². The van der Waals surface area contributed by atoms with Crippen LogP contribution in [0.25, 0.3) is 0 Å². The van der Waals surface area contributed by atoms with Gasteiger partial charge in [-0.2, -0.15) is 0 Å². The van der Waals surface area contributed by atoms with Crippen molar-refractivity contribution in [2.24, 2.45) is 5.73 Å². The Kier molecular flexibility index (Phi) is 5.27. The van der Waals surface area contributed by atoms with E-state index in [9.17, 15) is 0 Å². The maximum Gasteiger partial charge on any atom is 0.208 e. The monoisotopic (exact) mass is 310 g/mol. The van der Waals surface area contributed by atoms with Crippen molar-refractivity contribution < 1.29 is 0 Å². The average molecular weight is 310 g/mol. The minimum absolute atomic E-state index is 0.169. The van der Waals surface area contributed by atoms with Crippen LogP contribution in [0.5, 0.6) is 0 Å². The first-order chi connectivity index (χ1) is 9.58. The highest BCUT2D eigenvalue weighted by atomic mass is 32.2. The number of nitrogens with zero attached hydrogens (tertiary/aromatic N) is 5. The van der Waals surface area contributed by atoms with E-state index in [0.717, 1.165) is 27.9 Å². The van der Waals surface area contributed by atoms with E-state index in [1.165, 1.54) is 23.1 Å². The number of anilines is 1. The van der Waals surface area contributed by atoms with Crippen LogP contribution in [0.2, 0.25) is 0 Å². The Morgan fingerprint density at radius 1 is 1.30 bits per heavy atom. The van der Waals surface area contributed by atoms with Gasteiger partial charge in [-0.3, -0.25) is 0 Å². The Morgan fingerprint density at radius 2 is 2.00 bits per heavy atom. The maximum absolute atomic E-state index is 5.92. The summed E-state index contributed by atoms with van der Waals surface area (Å²) in [4.78, 5) is 10.6. The Hall–Kier alpha value is -1.25. The van der Waals surface area contributed by atoms with Crippen molar-refractivity contribution in [2.75, 3.05) is 19.0 Å². The molecule has 0 aliphatic rings. The van der Waals surface area contributed by atoms with E-state index in [2.05, 4.69) is 27.1 Å². The fourth-order valence-electron chi connectivity index (χ4n) is 1.45. The van der Waals surface area contributed by atoms with Crippen molar-refractivity contribution in [3.8, 4) is 0 Å². The van der Waals surface area contributed by atoms with E-state index in [1.807, 2.05) is 31.4 Å². The van der Waals surface area contributed by atoms with Gasteiger partial charge in [-0.25, -0.2) is 9.97 Å². The van der Waals surface area contributed by atoms with E-state index in [-0.39, 0.29) is 6.04 Å². The zero-order valence-corrected chi connectivity index (χ0v) is 13.4. The largest absolute Gasteiger partial charge is 0.353 e. The molecule has 1 atom stereocenters. The van der Waals surface area contributed by atoms with Gasteiger partial charge in [0, 0.05) is 32.5 Å². The molecule has 0 radical (unpaired) electrons. The first-order valence-corrected chi connectivity index (χ1v) is 7.97. The molecule has 0 bridgehead atoms.